The molecule has 1 atom stereocenters. The van der Waals surface area contributed by atoms with E-state index in [9.17, 15) is 4.79 Å². The summed E-state index contributed by atoms with van der Waals surface area (Å²) >= 11 is 0. The van der Waals surface area contributed by atoms with Gasteiger partial charge in [-0.05, 0) is 12.5 Å². The van der Waals surface area contributed by atoms with E-state index < -0.39 is 5.60 Å². The second kappa shape index (κ2) is 4.70. The lowest BCUT2D eigenvalue weighted by molar-refractivity contribution is 0.0106. The van der Waals surface area contributed by atoms with Crippen molar-refractivity contribution in [1.29, 1.82) is 0 Å². The summed E-state index contributed by atoms with van der Waals surface area (Å²) < 4.78 is 5.35. The fraction of sp³-hybridized carbons (Fsp3) is 0.364. The molecule has 0 saturated carbocycles. The second-order valence-electron chi connectivity index (χ2n) is 3.21. The molecule has 0 heterocycles. The summed E-state index contributed by atoms with van der Waals surface area (Å²) in [7, 11) is 1.60. The van der Waals surface area contributed by atoms with Crippen LogP contribution in [-0.4, -0.2) is 19.7 Å². The summed E-state index contributed by atoms with van der Waals surface area (Å²) in [5.74, 6) is 0. The summed E-state index contributed by atoms with van der Waals surface area (Å²) in [5, 5.41) is 0. The Kier molecular flexibility index (Phi) is 3.57. The Bertz CT molecular complexity index is 330. The highest BCUT2D eigenvalue weighted by Gasteiger charge is 2.25. The molecule has 0 spiro atoms. The summed E-state index contributed by atoms with van der Waals surface area (Å²) in [6, 6.07) is 9.69. The van der Waals surface area contributed by atoms with E-state index in [1.165, 1.54) is 6.08 Å². The number of methoxy groups -OCH3 is 1. The molecule has 0 bridgehead atoms. The Morgan fingerprint density at radius 3 is 2.57 bits per heavy atom. The summed E-state index contributed by atoms with van der Waals surface area (Å²) in [6.45, 7) is 2.18. The van der Waals surface area contributed by atoms with E-state index in [0.29, 0.717) is 0 Å². The van der Waals surface area contributed by atoms with Crippen LogP contribution in [0.15, 0.2) is 35.3 Å². The molecule has 0 fully saturated rings. The molecule has 0 aliphatic carbocycles. The topological polar surface area (TPSA) is 38.7 Å². The lowest BCUT2D eigenvalue weighted by atomic mass is 9.96. The molecule has 3 heteroatoms. The molecule has 1 unspecified atom stereocenters. The van der Waals surface area contributed by atoms with Crippen molar-refractivity contribution >= 4 is 6.08 Å². The largest absolute Gasteiger partial charge is 0.372 e. The number of carbonyl (C=O) groups excluding carboxylic acids is 1. The molecule has 3 nitrogen and oxygen atoms in total. The lowest BCUT2D eigenvalue weighted by Crippen LogP contribution is -2.27. The normalized spacial score (nSPS) is 14.1. The van der Waals surface area contributed by atoms with Gasteiger partial charge in [-0.1, -0.05) is 30.3 Å². The second-order valence-corrected chi connectivity index (χ2v) is 3.21. The molecular formula is C11H13NO2. The van der Waals surface area contributed by atoms with Gasteiger partial charge in [0, 0.05) is 7.11 Å². The molecule has 0 N–H and O–H groups in total. The van der Waals surface area contributed by atoms with Crippen LogP contribution in [0.4, 0.5) is 0 Å². The van der Waals surface area contributed by atoms with Gasteiger partial charge in [0.1, 0.15) is 5.60 Å². The number of isocyanates is 1. The first-order valence-electron chi connectivity index (χ1n) is 4.37. The third-order valence-electron chi connectivity index (χ3n) is 2.28. The highest BCUT2D eigenvalue weighted by atomic mass is 16.5. The van der Waals surface area contributed by atoms with Gasteiger partial charge >= 0.3 is 0 Å². The zero-order valence-electron chi connectivity index (χ0n) is 8.36. The SMILES string of the molecule is COC(C)(CN=C=O)c1ccccc1. The number of hydrogen-bond donors (Lipinski definition) is 0. The molecular weight excluding hydrogens is 178 g/mol. The van der Waals surface area contributed by atoms with Crippen LogP contribution in [0.3, 0.4) is 0 Å². The Labute approximate surface area is 83.4 Å². The maximum atomic E-state index is 10.1. The van der Waals surface area contributed by atoms with Crippen LogP contribution in [0.5, 0.6) is 0 Å². The van der Waals surface area contributed by atoms with Crippen molar-refractivity contribution in [1.82, 2.24) is 0 Å². The number of benzene rings is 1. The Hall–Kier alpha value is -1.44. The van der Waals surface area contributed by atoms with Crippen LogP contribution in [0.2, 0.25) is 0 Å². The zero-order valence-corrected chi connectivity index (χ0v) is 8.36. The van der Waals surface area contributed by atoms with Crippen LogP contribution in [0, 0.1) is 0 Å². The summed E-state index contributed by atoms with van der Waals surface area (Å²) in [6.07, 6.45) is 1.52. The number of ether oxygens (including phenoxy) is 1. The van der Waals surface area contributed by atoms with Crippen molar-refractivity contribution in [3.8, 4) is 0 Å². The number of nitrogens with zero attached hydrogens (tertiary/aromatic N) is 1. The lowest BCUT2D eigenvalue weighted by Gasteiger charge is -2.26. The molecule has 1 rings (SSSR count). The Morgan fingerprint density at radius 1 is 1.43 bits per heavy atom. The van der Waals surface area contributed by atoms with E-state index in [2.05, 4.69) is 4.99 Å². The van der Waals surface area contributed by atoms with E-state index in [0.717, 1.165) is 5.56 Å². The van der Waals surface area contributed by atoms with E-state index in [4.69, 9.17) is 4.74 Å². The van der Waals surface area contributed by atoms with Gasteiger partial charge in [0.15, 0.2) is 0 Å². The molecule has 0 saturated heterocycles. The van der Waals surface area contributed by atoms with Crippen LogP contribution in [0.25, 0.3) is 0 Å². The van der Waals surface area contributed by atoms with Crippen molar-refractivity contribution in [2.75, 3.05) is 13.7 Å². The van der Waals surface area contributed by atoms with Crippen molar-refractivity contribution in [3.63, 3.8) is 0 Å². The van der Waals surface area contributed by atoms with Gasteiger partial charge in [-0.15, -0.1) is 0 Å². The fourth-order valence-electron chi connectivity index (χ4n) is 1.25. The van der Waals surface area contributed by atoms with E-state index in [-0.39, 0.29) is 6.54 Å². The third kappa shape index (κ3) is 2.28. The molecule has 0 aromatic heterocycles. The average molecular weight is 191 g/mol. The molecule has 74 valence electrons. The van der Waals surface area contributed by atoms with E-state index in [1.54, 1.807) is 7.11 Å². The minimum absolute atomic E-state index is 0.289. The van der Waals surface area contributed by atoms with Crippen molar-refractivity contribution in [2.24, 2.45) is 4.99 Å². The molecule has 0 aliphatic rings. The van der Waals surface area contributed by atoms with Crippen molar-refractivity contribution in [2.45, 2.75) is 12.5 Å². The minimum Gasteiger partial charge on any atom is -0.372 e. The minimum atomic E-state index is -0.543. The predicted molar refractivity (Wildman–Crippen MR) is 53.8 cm³/mol. The predicted octanol–water partition coefficient (Wildman–Crippen LogP) is 1.88. The first kappa shape index (κ1) is 10.6. The highest BCUT2D eigenvalue weighted by molar-refractivity contribution is 5.34. The van der Waals surface area contributed by atoms with Gasteiger partial charge < -0.3 is 4.74 Å². The van der Waals surface area contributed by atoms with Gasteiger partial charge in [-0.2, -0.15) is 0 Å². The standard InChI is InChI=1S/C11H13NO2/c1-11(14-2,8-12-9-13)10-6-4-3-5-7-10/h3-7H,8H2,1-2H3. The monoisotopic (exact) mass is 191 g/mol. The summed E-state index contributed by atoms with van der Waals surface area (Å²) in [5.41, 5.74) is 0.458. The van der Waals surface area contributed by atoms with E-state index >= 15 is 0 Å². The van der Waals surface area contributed by atoms with E-state index in [1.807, 2.05) is 37.3 Å². The van der Waals surface area contributed by atoms with Crippen LogP contribution >= 0.6 is 0 Å². The molecule has 0 aliphatic heterocycles. The van der Waals surface area contributed by atoms with Crippen molar-refractivity contribution in [3.05, 3.63) is 35.9 Å². The van der Waals surface area contributed by atoms with Gasteiger partial charge in [-0.25, -0.2) is 9.79 Å². The first-order valence-corrected chi connectivity index (χ1v) is 4.37. The quantitative estimate of drug-likeness (QED) is 0.538. The molecule has 1 aromatic rings. The van der Waals surface area contributed by atoms with Crippen LogP contribution in [-0.2, 0) is 15.1 Å². The maximum Gasteiger partial charge on any atom is 0.235 e. The van der Waals surface area contributed by atoms with Gasteiger partial charge in [-0.3, -0.25) is 0 Å². The Morgan fingerprint density at radius 2 is 2.07 bits per heavy atom. The molecule has 1 aromatic carbocycles. The third-order valence-corrected chi connectivity index (χ3v) is 2.28. The fourth-order valence-corrected chi connectivity index (χ4v) is 1.25. The maximum absolute atomic E-state index is 10.1. The smallest absolute Gasteiger partial charge is 0.235 e. The van der Waals surface area contributed by atoms with Crippen LogP contribution < -0.4 is 0 Å². The zero-order chi connectivity index (χ0) is 10.4. The van der Waals surface area contributed by atoms with Gasteiger partial charge in [0.2, 0.25) is 6.08 Å². The number of aliphatic imine (C=N–C) groups is 1. The van der Waals surface area contributed by atoms with Gasteiger partial charge in [0.05, 0.1) is 6.54 Å². The Balaban J connectivity index is 2.95. The van der Waals surface area contributed by atoms with Crippen LogP contribution in [0.1, 0.15) is 12.5 Å². The molecule has 0 radical (unpaired) electrons. The number of hydrogen-bond acceptors (Lipinski definition) is 3. The molecule has 14 heavy (non-hydrogen) atoms. The first-order chi connectivity index (χ1) is 6.73. The number of rotatable bonds is 4. The average Bonchev–Trinajstić information content (AvgIpc) is 2.27. The summed E-state index contributed by atoms with van der Waals surface area (Å²) in [4.78, 5) is 13.6. The highest BCUT2D eigenvalue weighted by Crippen LogP contribution is 2.24. The van der Waals surface area contributed by atoms with Gasteiger partial charge in [0.25, 0.3) is 0 Å². The van der Waals surface area contributed by atoms with Crippen molar-refractivity contribution < 1.29 is 9.53 Å². The molecule has 0 amide bonds.